The molecular formula is C19H15F3N4O2. The van der Waals surface area contributed by atoms with Crippen molar-refractivity contribution in [3.63, 3.8) is 0 Å². The number of para-hydroxylation sites is 1. The molecule has 2 N–H and O–H groups in total. The van der Waals surface area contributed by atoms with Gasteiger partial charge in [-0.05, 0) is 24.6 Å². The number of nitrogens with one attached hydrogen (secondary N) is 2. The molecule has 0 saturated carbocycles. The summed E-state index contributed by atoms with van der Waals surface area (Å²) in [7, 11) is 0. The Labute approximate surface area is 157 Å². The second kappa shape index (κ2) is 7.26. The fourth-order valence-corrected chi connectivity index (χ4v) is 2.78. The second-order valence-corrected chi connectivity index (χ2v) is 6.07. The Hall–Kier alpha value is -3.49. The zero-order chi connectivity index (χ0) is 20.5. The number of rotatable bonds is 3. The van der Waals surface area contributed by atoms with Crippen LogP contribution in [0.2, 0.25) is 0 Å². The highest BCUT2D eigenvalue weighted by atomic mass is 19.4. The summed E-state index contributed by atoms with van der Waals surface area (Å²) in [6.45, 7) is 3.12. The van der Waals surface area contributed by atoms with E-state index in [1.807, 2.05) is 0 Å². The number of hydrogen-bond donors (Lipinski definition) is 2. The largest absolute Gasteiger partial charge is 0.417 e. The predicted molar refractivity (Wildman–Crippen MR) is 98.0 cm³/mol. The number of pyridine rings is 2. The molecule has 0 radical (unpaired) electrons. The second-order valence-electron chi connectivity index (χ2n) is 6.07. The molecule has 0 spiro atoms. The number of carbonyl (C=O) groups excluding carboxylic acids is 2. The van der Waals surface area contributed by atoms with E-state index in [2.05, 4.69) is 20.6 Å². The summed E-state index contributed by atoms with van der Waals surface area (Å²) in [4.78, 5) is 31.9. The van der Waals surface area contributed by atoms with Crippen molar-refractivity contribution < 1.29 is 22.8 Å². The minimum atomic E-state index is -4.69. The average molecular weight is 388 g/mol. The molecule has 2 aromatic heterocycles. The van der Waals surface area contributed by atoms with Crippen LogP contribution in [0.25, 0.3) is 10.9 Å². The maximum atomic E-state index is 13.2. The number of carbonyl (C=O) groups is 2. The molecule has 0 saturated heterocycles. The van der Waals surface area contributed by atoms with Gasteiger partial charge < -0.3 is 10.6 Å². The van der Waals surface area contributed by atoms with E-state index in [-0.39, 0.29) is 11.6 Å². The minimum absolute atomic E-state index is 0.214. The molecule has 9 heteroatoms. The molecule has 0 aliphatic heterocycles. The van der Waals surface area contributed by atoms with Crippen LogP contribution in [-0.4, -0.2) is 21.8 Å². The van der Waals surface area contributed by atoms with Gasteiger partial charge in [0.1, 0.15) is 0 Å². The van der Waals surface area contributed by atoms with Crippen molar-refractivity contribution >= 4 is 34.1 Å². The molecule has 3 rings (SSSR count). The van der Waals surface area contributed by atoms with Crippen LogP contribution in [-0.2, 0) is 11.0 Å². The van der Waals surface area contributed by atoms with Crippen molar-refractivity contribution in [2.24, 2.45) is 0 Å². The minimum Gasteiger partial charge on any atom is -0.325 e. The molecule has 28 heavy (non-hydrogen) atoms. The Bertz CT molecular complexity index is 1080. The van der Waals surface area contributed by atoms with Gasteiger partial charge >= 0.3 is 6.18 Å². The number of aromatic nitrogens is 2. The third-order valence-corrected chi connectivity index (χ3v) is 4.01. The Morgan fingerprint density at radius 1 is 1.07 bits per heavy atom. The third-order valence-electron chi connectivity index (χ3n) is 4.01. The van der Waals surface area contributed by atoms with Crippen LogP contribution in [0.15, 0.2) is 42.9 Å². The van der Waals surface area contributed by atoms with E-state index < -0.39 is 23.2 Å². The molecule has 0 atom stereocenters. The number of benzene rings is 1. The number of anilines is 2. The van der Waals surface area contributed by atoms with Gasteiger partial charge in [-0.3, -0.25) is 19.6 Å². The standard InChI is InChI=1S/C19H15F3N4O2/c1-10-8-24-17-12(16(10)25-11(2)27)4-3-5-15(17)26-18(28)13-9-23-7-6-14(13)19(20,21)22/h3-9H,1-2H3,(H,26,28)(H,24,25,27). The van der Waals surface area contributed by atoms with Gasteiger partial charge in [-0.2, -0.15) is 13.2 Å². The van der Waals surface area contributed by atoms with Gasteiger partial charge in [0.2, 0.25) is 5.91 Å². The Morgan fingerprint density at radius 2 is 1.82 bits per heavy atom. The molecule has 0 fully saturated rings. The van der Waals surface area contributed by atoms with Crippen molar-refractivity contribution in [2.45, 2.75) is 20.0 Å². The number of aryl methyl sites for hydroxylation is 1. The third kappa shape index (κ3) is 3.78. The van der Waals surface area contributed by atoms with E-state index in [9.17, 15) is 22.8 Å². The van der Waals surface area contributed by atoms with Crippen LogP contribution in [0.4, 0.5) is 24.5 Å². The van der Waals surface area contributed by atoms with Crippen LogP contribution in [0.3, 0.4) is 0 Å². The van der Waals surface area contributed by atoms with E-state index >= 15 is 0 Å². The van der Waals surface area contributed by atoms with E-state index in [1.165, 1.54) is 19.2 Å². The van der Waals surface area contributed by atoms with Crippen LogP contribution in [0, 0.1) is 6.92 Å². The number of fused-ring (bicyclic) bond motifs is 1. The lowest BCUT2D eigenvalue weighted by Crippen LogP contribution is -2.19. The van der Waals surface area contributed by atoms with E-state index in [1.54, 1.807) is 19.1 Å². The molecule has 6 nitrogen and oxygen atoms in total. The molecule has 0 aliphatic carbocycles. The monoisotopic (exact) mass is 388 g/mol. The first-order valence-electron chi connectivity index (χ1n) is 8.17. The highest BCUT2D eigenvalue weighted by molar-refractivity contribution is 6.11. The molecular weight excluding hydrogens is 373 g/mol. The summed E-state index contributed by atoms with van der Waals surface area (Å²) in [5.41, 5.74) is 0.0988. The van der Waals surface area contributed by atoms with Crippen molar-refractivity contribution in [2.75, 3.05) is 10.6 Å². The summed E-state index contributed by atoms with van der Waals surface area (Å²) in [5.74, 6) is -1.24. The van der Waals surface area contributed by atoms with E-state index in [0.717, 1.165) is 18.5 Å². The van der Waals surface area contributed by atoms with Gasteiger partial charge in [-0.1, -0.05) is 12.1 Å². The molecule has 0 aliphatic rings. The zero-order valence-electron chi connectivity index (χ0n) is 14.9. The van der Waals surface area contributed by atoms with Crippen molar-refractivity contribution in [1.29, 1.82) is 0 Å². The van der Waals surface area contributed by atoms with Crippen molar-refractivity contribution in [3.05, 3.63) is 59.5 Å². The fraction of sp³-hybridized carbons (Fsp3) is 0.158. The van der Waals surface area contributed by atoms with Gasteiger partial charge in [0, 0.05) is 30.9 Å². The molecule has 3 aromatic rings. The maximum Gasteiger partial charge on any atom is 0.417 e. The Kier molecular flexibility index (Phi) is 5.00. The lowest BCUT2D eigenvalue weighted by atomic mass is 10.1. The number of hydrogen-bond acceptors (Lipinski definition) is 4. The fourth-order valence-electron chi connectivity index (χ4n) is 2.78. The molecule has 0 unspecified atom stereocenters. The maximum absolute atomic E-state index is 13.2. The van der Waals surface area contributed by atoms with Gasteiger partial charge in [-0.15, -0.1) is 0 Å². The van der Waals surface area contributed by atoms with E-state index in [4.69, 9.17) is 0 Å². The first-order chi connectivity index (χ1) is 13.2. The number of amides is 2. The summed E-state index contributed by atoms with van der Waals surface area (Å²) in [6, 6.07) is 5.57. The van der Waals surface area contributed by atoms with Gasteiger partial charge in [0.05, 0.1) is 28.0 Å². The highest BCUT2D eigenvalue weighted by Crippen LogP contribution is 2.33. The number of nitrogens with zero attached hydrogens (tertiary/aromatic N) is 2. The lowest BCUT2D eigenvalue weighted by molar-refractivity contribution is -0.138. The normalized spacial score (nSPS) is 11.3. The zero-order valence-corrected chi connectivity index (χ0v) is 14.9. The van der Waals surface area contributed by atoms with Crippen LogP contribution in [0.5, 0.6) is 0 Å². The first kappa shape index (κ1) is 19.3. The molecule has 1 aromatic carbocycles. The molecule has 2 heterocycles. The van der Waals surface area contributed by atoms with Crippen molar-refractivity contribution in [3.8, 4) is 0 Å². The predicted octanol–water partition coefficient (Wildman–Crippen LogP) is 4.17. The van der Waals surface area contributed by atoms with Gasteiger partial charge in [-0.25, -0.2) is 0 Å². The van der Waals surface area contributed by atoms with Crippen LogP contribution >= 0.6 is 0 Å². The average Bonchev–Trinajstić information content (AvgIpc) is 2.63. The SMILES string of the molecule is CC(=O)Nc1c(C)cnc2c(NC(=O)c3cnccc3C(F)(F)F)cccc12. The molecule has 0 bridgehead atoms. The highest BCUT2D eigenvalue weighted by Gasteiger charge is 2.35. The van der Waals surface area contributed by atoms with Gasteiger partial charge in [0.15, 0.2) is 0 Å². The van der Waals surface area contributed by atoms with Crippen molar-refractivity contribution in [1.82, 2.24) is 9.97 Å². The summed E-state index contributed by atoms with van der Waals surface area (Å²) >= 11 is 0. The lowest BCUT2D eigenvalue weighted by Gasteiger charge is -2.15. The number of halogens is 3. The summed E-state index contributed by atoms with van der Waals surface area (Å²) < 4.78 is 39.5. The Morgan fingerprint density at radius 3 is 2.50 bits per heavy atom. The quantitative estimate of drug-likeness (QED) is 0.705. The topological polar surface area (TPSA) is 84.0 Å². The van der Waals surface area contributed by atoms with Crippen LogP contribution in [0.1, 0.15) is 28.4 Å². The summed E-state index contributed by atoms with van der Waals surface area (Å²) in [6.07, 6.45) is -1.35. The smallest absolute Gasteiger partial charge is 0.325 e. The number of alkyl halides is 3. The Balaban J connectivity index is 2.05. The summed E-state index contributed by atoms with van der Waals surface area (Å²) in [5, 5.41) is 5.72. The van der Waals surface area contributed by atoms with Crippen LogP contribution < -0.4 is 10.6 Å². The van der Waals surface area contributed by atoms with Gasteiger partial charge in [0.25, 0.3) is 5.91 Å². The first-order valence-corrected chi connectivity index (χ1v) is 8.17. The molecule has 144 valence electrons. The van der Waals surface area contributed by atoms with E-state index in [0.29, 0.717) is 22.2 Å². The molecule has 2 amide bonds.